The summed E-state index contributed by atoms with van der Waals surface area (Å²) in [6.07, 6.45) is 2.26. The Morgan fingerprint density at radius 2 is 2.29 bits per heavy atom. The van der Waals surface area contributed by atoms with Crippen molar-refractivity contribution >= 4 is 11.6 Å². The molecule has 0 fully saturated rings. The van der Waals surface area contributed by atoms with Crippen molar-refractivity contribution in [3.63, 3.8) is 0 Å². The van der Waals surface area contributed by atoms with Crippen molar-refractivity contribution in [2.24, 2.45) is 11.7 Å². The largest absolute Gasteiger partial charge is 0.330 e. The molecule has 2 atom stereocenters. The van der Waals surface area contributed by atoms with Crippen molar-refractivity contribution in [1.82, 2.24) is 0 Å². The van der Waals surface area contributed by atoms with Crippen LogP contribution in [0.1, 0.15) is 30.4 Å². The number of hydrogen-bond acceptors (Lipinski definition) is 1. The van der Waals surface area contributed by atoms with E-state index in [-0.39, 0.29) is 0 Å². The van der Waals surface area contributed by atoms with Gasteiger partial charge in [0.1, 0.15) is 0 Å². The summed E-state index contributed by atoms with van der Waals surface area (Å²) in [5.41, 5.74) is 8.52. The Labute approximate surface area is 90.3 Å². The second kappa shape index (κ2) is 3.92. The third-order valence-electron chi connectivity index (χ3n) is 3.21. The van der Waals surface area contributed by atoms with Crippen molar-refractivity contribution in [2.45, 2.75) is 25.7 Å². The lowest BCUT2D eigenvalue weighted by Crippen LogP contribution is -2.10. The van der Waals surface area contributed by atoms with Crippen LogP contribution in [0.3, 0.4) is 0 Å². The average molecular weight is 210 g/mol. The molecule has 0 saturated carbocycles. The van der Waals surface area contributed by atoms with Crippen LogP contribution in [-0.2, 0) is 6.42 Å². The minimum absolute atomic E-state index is 0.619. The van der Waals surface area contributed by atoms with Crippen LogP contribution < -0.4 is 5.73 Å². The molecule has 0 saturated heterocycles. The number of fused-ring (bicyclic) bond motifs is 1. The van der Waals surface area contributed by atoms with E-state index in [2.05, 4.69) is 19.1 Å². The summed E-state index contributed by atoms with van der Waals surface area (Å²) in [6, 6.07) is 6.25. The molecular formula is C12H16ClN. The summed E-state index contributed by atoms with van der Waals surface area (Å²) in [6.45, 7) is 3.06. The molecule has 1 aromatic carbocycles. The molecular weight excluding hydrogens is 194 g/mol. The number of halogens is 1. The Morgan fingerprint density at radius 1 is 1.50 bits per heavy atom. The molecule has 14 heavy (non-hydrogen) atoms. The van der Waals surface area contributed by atoms with Gasteiger partial charge in [0.05, 0.1) is 0 Å². The summed E-state index contributed by atoms with van der Waals surface area (Å²) in [5.74, 6) is 1.33. The molecule has 1 aromatic rings. The third-order valence-corrected chi connectivity index (χ3v) is 3.45. The van der Waals surface area contributed by atoms with Crippen LogP contribution in [0.25, 0.3) is 0 Å². The first-order valence-corrected chi connectivity index (χ1v) is 5.58. The molecule has 2 rings (SSSR count). The molecule has 0 amide bonds. The predicted octanol–water partition coefficient (Wildman–Crippen LogP) is 2.96. The molecule has 2 heteroatoms. The van der Waals surface area contributed by atoms with Gasteiger partial charge >= 0.3 is 0 Å². The first kappa shape index (κ1) is 10.0. The highest BCUT2D eigenvalue weighted by Crippen LogP contribution is 2.40. The Bertz CT molecular complexity index is 335. The second-order valence-corrected chi connectivity index (χ2v) is 4.64. The molecule has 0 bridgehead atoms. The zero-order valence-electron chi connectivity index (χ0n) is 8.46. The Hall–Kier alpha value is -0.530. The van der Waals surface area contributed by atoms with E-state index in [0.29, 0.717) is 11.8 Å². The van der Waals surface area contributed by atoms with Crippen LogP contribution >= 0.6 is 11.6 Å². The number of hydrogen-bond donors (Lipinski definition) is 1. The van der Waals surface area contributed by atoms with Gasteiger partial charge in [-0.25, -0.2) is 0 Å². The minimum atomic E-state index is 0.619. The van der Waals surface area contributed by atoms with E-state index >= 15 is 0 Å². The minimum Gasteiger partial charge on any atom is -0.330 e. The van der Waals surface area contributed by atoms with Crippen molar-refractivity contribution in [3.05, 3.63) is 34.3 Å². The Kier molecular flexibility index (Phi) is 2.80. The van der Waals surface area contributed by atoms with Gasteiger partial charge in [0.2, 0.25) is 0 Å². The van der Waals surface area contributed by atoms with E-state index < -0.39 is 0 Å². The van der Waals surface area contributed by atoms with E-state index in [1.807, 2.05) is 6.07 Å². The van der Waals surface area contributed by atoms with Crippen molar-refractivity contribution in [1.29, 1.82) is 0 Å². The van der Waals surface area contributed by atoms with Crippen LogP contribution in [0, 0.1) is 5.92 Å². The molecule has 1 nitrogen and oxygen atoms in total. The first-order chi connectivity index (χ1) is 6.72. The fourth-order valence-electron chi connectivity index (χ4n) is 2.51. The Balaban J connectivity index is 2.34. The van der Waals surface area contributed by atoms with Gasteiger partial charge in [0.15, 0.2) is 0 Å². The van der Waals surface area contributed by atoms with Crippen molar-refractivity contribution < 1.29 is 0 Å². The molecule has 76 valence electrons. The standard InChI is InChI=1S/C12H16ClN/c1-8-6-9-2-3-10(13)7-12(9)11(8)4-5-14/h2-3,7-8,11H,4-6,14H2,1H3. The average Bonchev–Trinajstić information content (AvgIpc) is 2.45. The molecule has 0 heterocycles. The van der Waals surface area contributed by atoms with Crippen LogP contribution in [-0.4, -0.2) is 6.54 Å². The summed E-state index contributed by atoms with van der Waals surface area (Å²) >= 11 is 6.01. The summed E-state index contributed by atoms with van der Waals surface area (Å²) < 4.78 is 0. The Morgan fingerprint density at radius 3 is 3.00 bits per heavy atom. The quantitative estimate of drug-likeness (QED) is 0.797. The summed E-state index contributed by atoms with van der Waals surface area (Å²) in [7, 11) is 0. The smallest absolute Gasteiger partial charge is 0.0409 e. The SMILES string of the molecule is CC1Cc2ccc(Cl)cc2C1CCN. The monoisotopic (exact) mass is 209 g/mol. The van der Waals surface area contributed by atoms with Gasteiger partial charge in [-0.15, -0.1) is 0 Å². The van der Waals surface area contributed by atoms with Crippen LogP contribution in [0.2, 0.25) is 5.02 Å². The lowest BCUT2D eigenvalue weighted by atomic mass is 9.91. The number of rotatable bonds is 2. The fraction of sp³-hybridized carbons (Fsp3) is 0.500. The van der Waals surface area contributed by atoms with Gasteiger partial charge in [-0.3, -0.25) is 0 Å². The number of benzene rings is 1. The predicted molar refractivity (Wildman–Crippen MR) is 60.7 cm³/mol. The molecule has 2 N–H and O–H groups in total. The van der Waals surface area contributed by atoms with Crippen molar-refractivity contribution in [3.8, 4) is 0 Å². The molecule has 0 radical (unpaired) electrons. The maximum Gasteiger partial charge on any atom is 0.0409 e. The molecule has 1 aliphatic carbocycles. The maximum absolute atomic E-state index is 6.01. The van der Waals surface area contributed by atoms with E-state index in [1.54, 1.807) is 0 Å². The van der Waals surface area contributed by atoms with Gasteiger partial charge < -0.3 is 5.73 Å². The van der Waals surface area contributed by atoms with E-state index in [0.717, 1.165) is 18.0 Å². The highest BCUT2D eigenvalue weighted by Gasteiger charge is 2.28. The van der Waals surface area contributed by atoms with Crippen LogP contribution in [0.4, 0.5) is 0 Å². The molecule has 0 aromatic heterocycles. The highest BCUT2D eigenvalue weighted by atomic mass is 35.5. The lowest BCUT2D eigenvalue weighted by molar-refractivity contribution is 0.475. The number of nitrogens with two attached hydrogens (primary N) is 1. The van der Waals surface area contributed by atoms with Gasteiger partial charge in [-0.05, 0) is 54.5 Å². The molecule has 2 unspecified atom stereocenters. The fourth-order valence-corrected chi connectivity index (χ4v) is 2.69. The third kappa shape index (κ3) is 1.67. The van der Waals surface area contributed by atoms with E-state index in [1.165, 1.54) is 17.5 Å². The molecule has 0 spiro atoms. The summed E-state index contributed by atoms with van der Waals surface area (Å²) in [4.78, 5) is 0. The van der Waals surface area contributed by atoms with Gasteiger partial charge in [0.25, 0.3) is 0 Å². The molecule has 1 aliphatic rings. The van der Waals surface area contributed by atoms with Gasteiger partial charge in [-0.1, -0.05) is 24.6 Å². The zero-order chi connectivity index (χ0) is 10.1. The van der Waals surface area contributed by atoms with Crippen LogP contribution in [0.15, 0.2) is 18.2 Å². The summed E-state index contributed by atoms with van der Waals surface area (Å²) in [5, 5.41) is 0.847. The lowest BCUT2D eigenvalue weighted by Gasteiger charge is -2.15. The zero-order valence-corrected chi connectivity index (χ0v) is 9.22. The second-order valence-electron chi connectivity index (χ2n) is 4.21. The van der Waals surface area contributed by atoms with Gasteiger partial charge in [0, 0.05) is 5.02 Å². The van der Waals surface area contributed by atoms with E-state index in [4.69, 9.17) is 17.3 Å². The van der Waals surface area contributed by atoms with Crippen molar-refractivity contribution in [2.75, 3.05) is 6.54 Å². The maximum atomic E-state index is 6.01. The van der Waals surface area contributed by atoms with Gasteiger partial charge in [-0.2, -0.15) is 0 Å². The first-order valence-electron chi connectivity index (χ1n) is 5.20. The van der Waals surface area contributed by atoms with E-state index in [9.17, 15) is 0 Å². The highest BCUT2D eigenvalue weighted by molar-refractivity contribution is 6.30. The normalized spacial score (nSPS) is 25.1. The topological polar surface area (TPSA) is 26.0 Å². The molecule has 0 aliphatic heterocycles. The van der Waals surface area contributed by atoms with Crippen LogP contribution in [0.5, 0.6) is 0 Å².